The molecule has 3 atom stereocenters. The third-order valence-corrected chi connectivity index (χ3v) is 6.77. The Hall–Kier alpha value is -3.70. The Morgan fingerprint density at radius 2 is 1.86 bits per heavy atom. The van der Waals surface area contributed by atoms with E-state index >= 15 is 0 Å². The van der Waals surface area contributed by atoms with Crippen LogP contribution in [0.1, 0.15) is 19.3 Å². The molecule has 3 N–H and O–H groups in total. The molecule has 0 aliphatic carbocycles. The van der Waals surface area contributed by atoms with Gasteiger partial charge >= 0.3 is 12.0 Å². The molecular formula is C25H26ClFN4O6. The average Bonchev–Trinajstić information content (AvgIpc) is 3.32. The van der Waals surface area contributed by atoms with E-state index in [0.717, 1.165) is 6.07 Å². The summed E-state index contributed by atoms with van der Waals surface area (Å²) < 4.78 is 20.3. The van der Waals surface area contributed by atoms with Crippen LogP contribution in [-0.4, -0.2) is 66.2 Å². The first kappa shape index (κ1) is 26.4. The van der Waals surface area contributed by atoms with Gasteiger partial charge in [-0.25, -0.2) is 9.18 Å². The number of nitrogens with one attached hydrogen (secondary N) is 2. The Kier molecular flexibility index (Phi) is 7.94. The fraction of sp³-hybridized carbons (Fsp3) is 0.360. The number of amides is 4. The molecule has 2 saturated heterocycles. The van der Waals surface area contributed by atoms with Crippen LogP contribution in [0, 0.1) is 11.7 Å². The molecule has 2 fully saturated rings. The van der Waals surface area contributed by atoms with Crippen molar-refractivity contribution in [2.24, 2.45) is 5.92 Å². The fourth-order valence-electron chi connectivity index (χ4n) is 4.52. The van der Waals surface area contributed by atoms with Crippen molar-refractivity contribution in [2.45, 2.75) is 31.4 Å². The molecule has 2 aliphatic heterocycles. The van der Waals surface area contributed by atoms with E-state index in [1.807, 2.05) is 0 Å². The highest BCUT2D eigenvalue weighted by molar-refractivity contribution is 6.30. The number of piperidine rings is 1. The van der Waals surface area contributed by atoms with Gasteiger partial charge in [0.2, 0.25) is 11.8 Å². The van der Waals surface area contributed by atoms with Crippen LogP contribution in [0.15, 0.2) is 42.5 Å². The molecular weight excluding hydrogens is 507 g/mol. The first-order chi connectivity index (χ1) is 17.7. The van der Waals surface area contributed by atoms with Crippen LogP contribution in [0.4, 0.5) is 26.2 Å². The van der Waals surface area contributed by atoms with Crippen molar-refractivity contribution >= 4 is 52.5 Å². The predicted molar refractivity (Wildman–Crippen MR) is 134 cm³/mol. The number of carboxylic acid groups (broad SMARTS) is 1. The zero-order chi connectivity index (χ0) is 26.7. The molecule has 10 nitrogen and oxygen atoms in total. The van der Waals surface area contributed by atoms with E-state index in [1.54, 1.807) is 24.3 Å². The number of ether oxygens (including phenoxy) is 1. The smallest absolute Gasteiger partial charge is 0.322 e. The van der Waals surface area contributed by atoms with Crippen LogP contribution >= 0.6 is 11.6 Å². The Balaban J connectivity index is 1.46. The molecule has 0 spiro atoms. The summed E-state index contributed by atoms with van der Waals surface area (Å²) in [6.45, 7) is 0.434. The number of carboxylic acids is 1. The van der Waals surface area contributed by atoms with Gasteiger partial charge in [0.05, 0.1) is 11.8 Å². The summed E-state index contributed by atoms with van der Waals surface area (Å²) in [5, 5.41) is 15.0. The molecule has 2 heterocycles. The number of benzene rings is 2. The molecule has 4 rings (SSSR count). The van der Waals surface area contributed by atoms with Gasteiger partial charge in [0.25, 0.3) is 0 Å². The lowest BCUT2D eigenvalue weighted by molar-refractivity contribution is -0.147. The molecule has 37 heavy (non-hydrogen) atoms. The van der Waals surface area contributed by atoms with Gasteiger partial charge in [-0.2, -0.15) is 0 Å². The van der Waals surface area contributed by atoms with E-state index in [2.05, 4.69) is 10.6 Å². The van der Waals surface area contributed by atoms with Crippen LogP contribution in [0.5, 0.6) is 0 Å². The summed E-state index contributed by atoms with van der Waals surface area (Å²) in [5.41, 5.74) is 0.566. The molecule has 0 aromatic heterocycles. The minimum absolute atomic E-state index is 0.132. The quantitative estimate of drug-likeness (QED) is 0.488. The van der Waals surface area contributed by atoms with Crippen LogP contribution in [0.25, 0.3) is 0 Å². The molecule has 3 unspecified atom stereocenters. The monoisotopic (exact) mass is 532 g/mol. The standard InChI is InChI=1S/C25H26ClFN4O6/c1-37-17-12-21(31(13-17)25(36)28-15-6-4-14(26)5-7-15)22(32)29-20-9-8-16(11-19(20)27)30-10-2-3-18(23(30)33)24(34)35/h4-9,11,17-18,21H,2-3,10,12-13H2,1H3,(H,28,36)(H,29,32)(H,34,35). The molecule has 0 bridgehead atoms. The number of urea groups is 1. The van der Waals surface area contributed by atoms with Gasteiger partial charge in [-0.15, -0.1) is 0 Å². The average molecular weight is 533 g/mol. The van der Waals surface area contributed by atoms with E-state index in [4.69, 9.17) is 16.3 Å². The maximum atomic E-state index is 15.0. The second kappa shape index (κ2) is 11.1. The first-order valence-electron chi connectivity index (χ1n) is 11.7. The second-order valence-corrected chi connectivity index (χ2v) is 9.31. The summed E-state index contributed by atoms with van der Waals surface area (Å²) in [5.74, 6) is -4.38. The van der Waals surface area contributed by atoms with Gasteiger partial charge in [-0.05, 0) is 55.3 Å². The second-order valence-electron chi connectivity index (χ2n) is 8.87. The number of carbonyl (C=O) groups excluding carboxylic acids is 3. The minimum Gasteiger partial charge on any atom is -0.481 e. The molecule has 0 radical (unpaired) electrons. The highest BCUT2D eigenvalue weighted by atomic mass is 35.5. The van der Waals surface area contributed by atoms with Crippen molar-refractivity contribution < 1.29 is 33.4 Å². The van der Waals surface area contributed by atoms with Crippen LogP contribution in [0.2, 0.25) is 5.02 Å². The molecule has 2 aromatic carbocycles. The topological polar surface area (TPSA) is 128 Å². The van der Waals surface area contributed by atoms with E-state index in [0.29, 0.717) is 17.1 Å². The zero-order valence-corrected chi connectivity index (χ0v) is 20.7. The molecule has 12 heteroatoms. The van der Waals surface area contributed by atoms with Gasteiger partial charge in [-0.3, -0.25) is 14.4 Å². The highest BCUT2D eigenvalue weighted by Gasteiger charge is 2.40. The first-order valence-corrected chi connectivity index (χ1v) is 12.1. The summed E-state index contributed by atoms with van der Waals surface area (Å²) in [6, 6.07) is 8.88. The number of anilines is 3. The lowest BCUT2D eigenvalue weighted by atomic mass is 9.96. The molecule has 2 aromatic rings. The van der Waals surface area contributed by atoms with Crippen LogP contribution in [-0.2, 0) is 19.1 Å². The lowest BCUT2D eigenvalue weighted by Gasteiger charge is -2.30. The van der Waals surface area contributed by atoms with E-state index in [1.165, 1.54) is 29.0 Å². The minimum atomic E-state index is -1.21. The maximum Gasteiger partial charge on any atom is 0.322 e. The van der Waals surface area contributed by atoms with Gasteiger partial charge in [0.1, 0.15) is 17.8 Å². The fourth-order valence-corrected chi connectivity index (χ4v) is 4.65. The number of carbonyl (C=O) groups is 4. The zero-order valence-electron chi connectivity index (χ0n) is 19.9. The number of rotatable bonds is 6. The normalized spacial score (nSPS) is 21.6. The summed E-state index contributed by atoms with van der Waals surface area (Å²) in [4.78, 5) is 52.4. The summed E-state index contributed by atoms with van der Waals surface area (Å²) in [7, 11) is 1.48. The highest BCUT2D eigenvalue weighted by Crippen LogP contribution is 2.29. The lowest BCUT2D eigenvalue weighted by Crippen LogP contribution is -2.45. The van der Waals surface area contributed by atoms with Crippen molar-refractivity contribution in [1.82, 2.24) is 4.90 Å². The van der Waals surface area contributed by atoms with Gasteiger partial charge < -0.3 is 30.3 Å². The van der Waals surface area contributed by atoms with E-state index in [9.17, 15) is 28.7 Å². The number of nitrogens with zero attached hydrogens (tertiary/aromatic N) is 2. The van der Waals surface area contributed by atoms with Crippen molar-refractivity contribution in [3.8, 4) is 0 Å². The molecule has 0 saturated carbocycles. The number of aliphatic carboxylic acids is 1. The Labute approximate surface area is 217 Å². The molecule has 4 amide bonds. The van der Waals surface area contributed by atoms with Crippen LogP contribution < -0.4 is 15.5 Å². The number of halogens is 2. The third kappa shape index (κ3) is 5.83. The predicted octanol–water partition coefficient (Wildman–Crippen LogP) is 3.57. The Morgan fingerprint density at radius 1 is 1.14 bits per heavy atom. The largest absolute Gasteiger partial charge is 0.481 e. The van der Waals surface area contributed by atoms with E-state index < -0.39 is 41.6 Å². The van der Waals surface area contributed by atoms with Crippen molar-refractivity contribution in [3.63, 3.8) is 0 Å². The molecule has 2 aliphatic rings. The number of hydrogen-bond donors (Lipinski definition) is 3. The maximum absolute atomic E-state index is 15.0. The van der Waals surface area contributed by atoms with Crippen LogP contribution in [0.3, 0.4) is 0 Å². The van der Waals surface area contributed by atoms with Crippen molar-refractivity contribution in [1.29, 1.82) is 0 Å². The summed E-state index contributed by atoms with van der Waals surface area (Å²) in [6.07, 6.45) is 0.535. The third-order valence-electron chi connectivity index (χ3n) is 6.51. The van der Waals surface area contributed by atoms with Crippen molar-refractivity contribution in [3.05, 3.63) is 53.3 Å². The Morgan fingerprint density at radius 3 is 2.51 bits per heavy atom. The van der Waals surface area contributed by atoms with E-state index in [-0.39, 0.29) is 43.4 Å². The van der Waals surface area contributed by atoms with Crippen molar-refractivity contribution in [2.75, 3.05) is 35.7 Å². The number of methoxy groups -OCH3 is 1. The van der Waals surface area contributed by atoms with Gasteiger partial charge in [-0.1, -0.05) is 11.6 Å². The SMILES string of the molecule is COC1CC(C(=O)Nc2ccc(N3CCCC(C(=O)O)C3=O)cc2F)N(C(=O)Nc2ccc(Cl)cc2)C1. The molecule has 196 valence electrons. The number of likely N-dealkylation sites (tertiary alicyclic amines) is 1. The number of hydrogen-bond acceptors (Lipinski definition) is 5. The van der Waals surface area contributed by atoms with Gasteiger partial charge in [0.15, 0.2) is 0 Å². The summed E-state index contributed by atoms with van der Waals surface area (Å²) >= 11 is 5.88. The Bertz CT molecular complexity index is 1210. The van der Waals surface area contributed by atoms with Gasteiger partial charge in [0, 0.05) is 43.0 Å².